The Bertz CT molecular complexity index is 633. The van der Waals surface area contributed by atoms with E-state index in [1.165, 1.54) is 6.21 Å². The van der Waals surface area contributed by atoms with Gasteiger partial charge in [-0.2, -0.15) is 0 Å². The van der Waals surface area contributed by atoms with Crippen LogP contribution in [-0.4, -0.2) is 29.2 Å². The SMILES string of the molecule is COc1ccc(/C=[N+](\[O-])C(C)C)c2c(O)cccc12. The lowest BCUT2D eigenvalue weighted by atomic mass is 10.0. The third kappa shape index (κ3) is 2.47. The minimum absolute atomic E-state index is 0.139. The van der Waals surface area contributed by atoms with Crippen molar-refractivity contribution in [3.8, 4) is 11.5 Å². The summed E-state index contributed by atoms with van der Waals surface area (Å²) in [5.74, 6) is 0.810. The first-order chi connectivity index (χ1) is 9.04. The van der Waals surface area contributed by atoms with E-state index >= 15 is 0 Å². The molecule has 0 aliphatic heterocycles. The average molecular weight is 259 g/mol. The van der Waals surface area contributed by atoms with Crippen molar-refractivity contribution in [3.63, 3.8) is 0 Å². The molecule has 0 aromatic heterocycles. The van der Waals surface area contributed by atoms with Crippen molar-refractivity contribution in [3.05, 3.63) is 41.1 Å². The molecule has 0 atom stereocenters. The van der Waals surface area contributed by atoms with E-state index in [-0.39, 0.29) is 11.8 Å². The predicted molar refractivity (Wildman–Crippen MR) is 76.1 cm³/mol. The summed E-state index contributed by atoms with van der Waals surface area (Å²) >= 11 is 0. The van der Waals surface area contributed by atoms with Crippen molar-refractivity contribution < 1.29 is 14.6 Å². The van der Waals surface area contributed by atoms with Crippen molar-refractivity contribution in [1.29, 1.82) is 0 Å². The second-order valence-electron chi connectivity index (χ2n) is 4.64. The average Bonchev–Trinajstić information content (AvgIpc) is 2.39. The summed E-state index contributed by atoms with van der Waals surface area (Å²) in [6.45, 7) is 3.63. The highest BCUT2D eigenvalue weighted by Gasteiger charge is 2.11. The number of fused-ring (bicyclic) bond motifs is 1. The van der Waals surface area contributed by atoms with E-state index < -0.39 is 0 Å². The molecule has 2 aromatic rings. The van der Waals surface area contributed by atoms with Crippen LogP contribution in [0.1, 0.15) is 19.4 Å². The second-order valence-corrected chi connectivity index (χ2v) is 4.64. The quantitative estimate of drug-likeness (QED) is 0.399. The van der Waals surface area contributed by atoms with E-state index in [0.29, 0.717) is 16.7 Å². The lowest BCUT2D eigenvalue weighted by Gasteiger charge is -2.11. The van der Waals surface area contributed by atoms with Crippen molar-refractivity contribution >= 4 is 17.0 Å². The Labute approximate surface area is 112 Å². The molecule has 0 radical (unpaired) electrons. The molecule has 0 unspecified atom stereocenters. The number of phenolic OH excluding ortho intramolecular Hbond substituents is 1. The molecule has 0 aliphatic carbocycles. The largest absolute Gasteiger partial charge is 0.624 e. The van der Waals surface area contributed by atoms with Gasteiger partial charge in [0.2, 0.25) is 0 Å². The zero-order valence-corrected chi connectivity index (χ0v) is 11.3. The van der Waals surface area contributed by atoms with Crippen LogP contribution in [-0.2, 0) is 0 Å². The minimum atomic E-state index is -0.150. The topological polar surface area (TPSA) is 55.5 Å². The van der Waals surface area contributed by atoms with Gasteiger partial charge in [-0.25, -0.2) is 4.74 Å². The van der Waals surface area contributed by atoms with Gasteiger partial charge in [-0.05, 0) is 32.0 Å². The van der Waals surface area contributed by atoms with Crippen LogP contribution in [0.2, 0.25) is 0 Å². The molecule has 4 heteroatoms. The molecule has 0 saturated carbocycles. The highest BCUT2D eigenvalue weighted by atomic mass is 16.5. The van der Waals surface area contributed by atoms with Crippen molar-refractivity contribution in [2.45, 2.75) is 19.9 Å². The first-order valence-electron chi connectivity index (χ1n) is 6.13. The van der Waals surface area contributed by atoms with Crippen LogP contribution in [0, 0.1) is 5.21 Å². The van der Waals surface area contributed by atoms with Crippen LogP contribution in [0.15, 0.2) is 30.3 Å². The van der Waals surface area contributed by atoms with E-state index in [4.69, 9.17) is 4.74 Å². The predicted octanol–water partition coefficient (Wildman–Crippen LogP) is 2.89. The van der Waals surface area contributed by atoms with Gasteiger partial charge in [0, 0.05) is 10.8 Å². The maximum Gasteiger partial charge on any atom is 0.182 e. The van der Waals surface area contributed by atoms with Gasteiger partial charge in [0.25, 0.3) is 0 Å². The molecule has 4 nitrogen and oxygen atoms in total. The number of hydroxylamine groups is 1. The lowest BCUT2D eigenvalue weighted by molar-refractivity contribution is -0.487. The fourth-order valence-corrected chi connectivity index (χ4v) is 1.96. The van der Waals surface area contributed by atoms with E-state index in [1.54, 1.807) is 31.4 Å². The molecule has 0 fully saturated rings. The zero-order chi connectivity index (χ0) is 14.0. The van der Waals surface area contributed by atoms with Gasteiger partial charge in [-0.15, -0.1) is 0 Å². The fourth-order valence-electron chi connectivity index (χ4n) is 1.96. The van der Waals surface area contributed by atoms with Crippen molar-refractivity contribution in [1.82, 2.24) is 0 Å². The molecular weight excluding hydrogens is 242 g/mol. The summed E-state index contributed by atoms with van der Waals surface area (Å²) in [5.41, 5.74) is 0.678. The Balaban J connectivity index is 2.73. The molecule has 2 aromatic carbocycles. The summed E-state index contributed by atoms with van der Waals surface area (Å²) in [4.78, 5) is 0. The molecule has 19 heavy (non-hydrogen) atoms. The number of phenols is 1. The Morgan fingerprint density at radius 3 is 2.63 bits per heavy atom. The first-order valence-corrected chi connectivity index (χ1v) is 6.13. The lowest BCUT2D eigenvalue weighted by Crippen LogP contribution is -2.15. The summed E-state index contributed by atoms with van der Waals surface area (Å²) < 4.78 is 6.14. The van der Waals surface area contributed by atoms with Gasteiger partial charge >= 0.3 is 0 Å². The van der Waals surface area contributed by atoms with Gasteiger partial charge in [-0.3, -0.25) is 0 Å². The maximum absolute atomic E-state index is 11.8. The number of hydrogen-bond donors (Lipinski definition) is 1. The van der Waals surface area contributed by atoms with Gasteiger partial charge in [0.1, 0.15) is 11.5 Å². The summed E-state index contributed by atoms with van der Waals surface area (Å²) in [6, 6.07) is 8.62. The van der Waals surface area contributed by atoms with E-state index in [1.807, 2.05) is 19.9 Å². The van der Waals surface area contributed by atoms with Crippen LogP contribution >= 0.6 is 0 Å². The minimum Gasteiger partial charge on any atom is -0.624 e. The zero-order valence-electron chi connectivity index (χ0n) is 11.3. The molecular formula is C15H17NO3. The molecule has 0 aliphatic rings. The number of ether oxygens (including phenoxy) is 1. The Morgan fingerprint density at radius 2 is 2.00 bits per heavy atom. The molecule has 1 N–H and O–H groups in total. The number of benzene rings is 2. The third-order valence-electron chi connectivity index (χ3n) is 3.01. The fraction of sp³-hybridized carbons (Fsp3) is 0.267. The smallest absolute Gasteiger partial charge is 0.182 e. The first kappa shape index (κ1) is 13.2. The van der Waals surface area contributed by atoms with Gasteiger partial charge in [0.05, 0.1) is 12.7 Å². The van der Waals surface area contributed by atoms with Crippen molar-refractivity contribution in [2.24, 2.45) is 0 Å². The normalized spacial score (nSPS) is 12.1. The molecule has 0 saturated heterocycles. The highest BCUT2D eigenvalue weighted by molar-refractivity contribution is 6.04. The van der Waals surface area contributed by atoms with Gasteiger partial charge in [-0.1, -0.05) is 12.1 Å². The van der Waals surface area contributed by atoms with Crippen LogP contribution < -0.4 is 4.74 Å². The van der Waals surface area contributed by atoms with Crippen LogP contribution in [0.4, 0.5) is 0 Å². The number of methoxy groups -OCH3 is 1. The molecule has 0 amide bonds. The number of aromatic hydroxyl groups is 1. The van der Waals surface area contributed by atoms with Crippen LogP contribution in [0.25, 0.3) is 10.8 Å². The Morgan fingerprint density at radius 1 is 1.26 bits per heavy atom. The van der Waals surface area contributed by atoms with Gasteiger partial charge in [0.15, 0.2) is 12.3 Å². The molecule has 0 bridgehead atoms. The maximum atomic E-state index is 11.8. The standard InChI is InChI=1S/C15H17NO3/c1-10(2)16(18)9-11-7-8-14(19-3)12-5-4-6-13(17)15(11)12/h4-10,17H,1-3H3/b16-9-. The number of nitrogens with zero attached hydrogens (tertiary/aromatic N) is 1. The number of rotatable bonds is 3. The molecule has 0 heterocycles. The van der Waals surface area contributed by atoms with E-state index in [0.717, 1.165) is 10.1 Å². The third-order valence-corrected chi connectivity index (χ3v) is 3.01. The van der Waals surface area contributed by atoms with Gasteiger partial charge < -0.3 is 15.1 Å². The monoisotopic (exact) mass is 259 g/mol. The Kier molecular flexibility index (Phi) is 3.60. The van der Waals surface area contributed by atoms with E-state index in [2.05, 4.69) is 0 Å². The summed E-state index contributed by atoms with van der Waals surface area (Å²) in [6.07, 6.45) is 1.49. The van der Waals surface area contributed by atoms with Crippen molar-refractivity contribution in [2.75, 3.05) is 7.11 Å². The molecule has 0 spiro atoms. The molecule has 100 valence electrons. The van der Waals surface area contributed by atoms with Crippen LogP contribution in [0.5, 0.6) is 11.5 Å². The van der Waals surface area contributed by atoms with Crippen LogP contribution in [0.3, 0.4) is 0 Å². The number of hydrogen-bond acceptors (Lipinski definition) is 3. The summed E-state index contributed by atoms with van der Waals surface area (Å²) in [7, 11) is 1.58. The second kappa shape index (κ2) is 5.18. The highest BCUT2D eigenvalue weighted by Crippen LogP contribution is 2.33. The molecule has 2 rings (SSSR count). The summed E-state index contributed by atoms with van der Waals surface area (Å²) in [5, 5.41) is 23.2. The Hall–Kier alpha value is -2.23. The van der Waals surface area contributed by atoms with E-state index in [9.17, 15) is 10.3 Å².